The molecule has 0 unspecified atom stereocenters. The van der Waals surface area contributed by atoms with E-state index in [1.165, 1.54) is 5.56 Å². The van der Waals surface area contributed by atoms with E-state index < -0.39 is 0 Å². The smallest absolute Gasteiger partial charge is 0.321 e. The lowest BCUT2D eigenvalue weighted by Gasteiger charge is -2.43. The third kappa shape index (κ3) is 3.86. The first kappa shape index (κ1) is 20.6. The number of hydrogen-bond acceptors (Lipinski definition) is 4. The highest BCUT2D eigenvalue weighted by atomic mass is 32.2. The van der Waals surface area contributed by atoms with E-state index >= 15 is 0 Å². The fourth-order valence-electron chi connectivity index (χ4n) is 4.13. The lowest BCUT2D eigenvalue weighted by atomic mass is 10.0. The van der Waals surface area contributed by atoms with Gasteiger partial charge in [-0.2, -0.15) is 0 Å². The van der Waals surface area contributed by atoms with Crippen molar-refractivity contribution in [2.75, 3.05) is 36.2 Å². The Kier molecular flexibility index (Phi) is 5.64. The van der Waals surface area contributed by atoms with Crippen LogP contribution in [0.1, 0.15) is 24.0 Å². The van der Waals surface area contributed by atoms with Gasteiger partial charge in [0.25, 0.3) is 0 Å². The van der Waals surface area contributed by atoms with Crippen molar-refractivity contribution in [2.24, 2.45) is 0 Å². The number of anilines is 2. The second kappa shape index (κ2) is 8.22. The van der Waals surface area contributed by atoms with Crippen LogP contribution in [-0.2, 0) is 4.79 Å². The van der Waals surface area contributed by atoms with Crippen LogP contribution in [0, 0.1) is 13.8 Å². The van der Waals surface area contributed by atoms with E-state index in [0.29, 0.717) is 18.8 Å². The molecular weight excluding hydrogens is 398 g/mol. The summed E-state index contributed by atoms with van der Waals surface area (Å²) in [5.41, 5.74) is 4.03. The molecule has 1 N–H and O–H groups in total. The van der Waals surface area contributed by atoms with Crippen molar-refractivity contribution in [2.45, 2.75) is 31.6 Å². The number of carbonyl (C=O) groups is 2. The Balaban J connectivity index is 1.46. The Morgan fingerprint density at radius 1 is 1.10 bits per heavy atom. The SMILES string of the molecule is COc1cccc(N2C(=O)CSC23CCN(C(=O)Nc2ccc(C)c(C)c2)CC3)c1. The number of hydrogen-bond donors (Lipinski definition) is 1. The maximum Gasteiger partial charge on any atom is 0.321 e. The van der Waals surface area contributed by atoms with Crippen molar-refractivity contribution in [3.63, 3.8) is 0 Å². The largest absolute Gasteiger partial charge is 0.497 e. The number of piperidine rings is 1. The number of amides is 3. The highest BCUT2D eigenvalue weighted by Crippen LogP contribution is 2.47. The average Bonchev–Trinajstić information content (AvgIpc) is 3.06. The number of methoxy groups -OCH3 is 1. The van der Waals surface area contributed by atoms with Crippen LogP contribution in [-0.4, -0.2) is 47.7 Å². The molecule has 1 spiro atoms. The molecule has 2 aromatic carbocycles. The van der Waals surface area contributed by atoms with Crippen LogP contribution in [0.15, 0.2) is 42.5 Å². The highest BCUT2D eigenvalue weighted by Gasteiger charge is 2.49. The Morgan fingerprint density at radius 3 is 2.57 bits per heavy atom. The van der Waals surface area contributed by atoms with Gasteiger partial charge in [-0.25, -0.2) is 4.79 Å². The van der Waals surface area contributed by atoms with Crippen LogP contribution in [0.5, 0.6) is 5.75 Å². The van der Waals surface area contributed by atoms with Crippen LogP contribution in [0.25, 0.3) is 0 Å². The van der Waals surface area contributed by atoms with E-state index in [9.17, 15) is 9.59 Å². The normalized spacial score (nSPS) is 18.0. The molecule has 0 atom stereocenters. The lowest BCUT2D eigenvalue weighted by Crippen LogP contribution is -2.53. The summed E-state index contributed by atoms with van der Waals surface area (Å²) in [4.78, 5) is 29.0. The van der Waals surface area contributed by atoms with Crippen molar-refractivity contribution in [1.82, 2.24) is 4.90 Å². The first-order valence-corrected chi connectivity index (χ1v) is 11.1. The first-order valence-electron chi connectivity index (χ1n) is 10.2. The fraction of sp³-hybridized carbons (Fsp3) is 0.391. The standard InChI is InChI=1S/C23H27N3O3S/c1-16-7-8-18(13-17(16)2)24-22(28)25-11-9-23(10-12-25)26(21(27)15-30-23)19-5-4-6-20(14-19)29-3/h4-8,13-14H,9-12,15H2,1-3H3,(H,24,28). The minimum absolute atomic E-state index is 0.0876. The Morgan fingerprint density at radius 2 is 1.87 bits per heavy atom. The van der Waals surface area contributed by atoms with Gasteiger partial charge in [-0.05, 0) is 62.1 Å². The molecule has 3 amide bonds. The van der Waals surface area contributed by atoms with Gasteiger partial charge in [-0.3, -0.25) is 9.69 Å². The molecule has 2 aromatic rings. The second-order valence-electron chi connectivity index (χ2n) is 7.88. The van der Waals surface area contributed by atoms with Crippen molar-refractivity contribution in [1.29, 1.82) is 0 Å². The summed E-state index contributed by atoms with van der Waals surface area (Å²) < 4.78 is 5.34. The summed E-state index contributed by atoms with van der Waals surface area (Å²) >= 11 is 1.69. The van der Waals surface area contributed by atoms with E-state index in [-0.39, 0.29) is 16.8 Å². The van der Waals surface area contributed by atoms with Gasteiger partial charge in [-0.15, -0.1) is 11.8 Å². The molecule has 2 aliphatic heterocycles. The minimum Gasteiger partial charge on any atom is -0.497 e. The summed E-state index contributed by atoms with van der Waals surface area (Å²) in [6.07, 6.45) is 1.47. The molecule has 30 heavy (non-hydrogen) atoms. The monoisotopic (exact) mass is 425 g/mol. The van der Waals surface area contributed by atoms with Gasteiger partial charge >= 0.3 is 6.03 Å². The van der Waals surface area contributed by atoms with Crippen LogP contribution < -0.4 is 15.0 Å². The average molecular weight is 426 g/mol. The van der Waals surface area contributed by atoms with Crippen LogP contribution >= 0.6 is 11.8 Å². The van der Waals surface area contributed by atoms with Crippen molar-refractivity contribution in [3.8, 4) is 5.75 Å². The van der Waals surface area contributed by atoms with Gasteiger partial charge in [0, 0.05) is 30.5 Å². The van der Waals surface area contributed by atoms with E-state index in [0.717, 1.165) is 35.5 Å². The van der Waals surface area contributed by atoms with Gasteiger partial charge < -0.3 is 15.0 Å². The van der Waals surface area contributed by atoms with E-state index in [1.54, 1.807) is 18.9 Å². The molecule has 158 valence electrons. The molecule has 0 aliphatic carbocycles. The third-order valence-corrected chi connectivity index (χ3v) is 7.54. The molecule has 0 radical (unpaired) electrons. The number of nitrogens with zero attached hydrogens (tertiary/aromatic N) is 2. The third-order valence-electron chi connectivity index (χ3n) is 6.02. The maximum atomic E-state index is 12.8. The molecule has 0 saturated carbocycles. The zero-order chi connectivity index (χ0) is 21.3. The summed E-state index contributed by atoms with van der Waals surface area (Å²) in [5, 5.41) is 3.01. The number of likely N-dealkylation sites (tertiary alicyclic amines) is 1. The van der Waals surface area contributed by atoms with Crippen molar-refractivity contribution in [3.05, 3.63) is 53.6 Å². The Labute approximate surface area is 181 Å². The minimum atomic E-state index is -0.305. The number of benzene rings is 2. The molecule has 0 bridgehead atoms. The Bertz CT molecular complexity index is 970. The van der Waals surface area contributed by atoms with Gasteiger partial charge in [0.05, 0.1) is 17.7 Å². The molecule has 0 aromatic heterocycles. The number of urea groups is 1. The molecule has 4 rings (SSSR count). The molecule has 7 heteroatoms. The number of ether oxygens (including phenoxy) is 1. The summed E-state index contributed by atoms with van der Waals surface area (Å²) in [6, 6.07) is 13.5. The van der Waals surface area contributed by atoms with Crippen molar-refractivity contribution >= 4 is 35.1 Å². The summed E-state index contributed by atoms with van der Waals surface area (Å²) in [7, 11) is 1.63. The van der Waals surface area contributed by atoms with Crippen LogP contribution in [0.3, 0.4) is 0 Å². The predicted molar refractivity (Wildman–Crippen MR) is 121 cm³/mol. The van der Waals surface area contributed by atoms with E-state index in [2.05, 4.69) is 12.2 Å². The summed E-state index contributed by atoms with van der Waals surface area (Å²) in [6.45, 7) is 5.31. The van der Waals surface area contributed by atoms with Gasteiger partial charge in [0.15, 0.2) is 0 Å². The Hall–Kier alpha value is -2.67. The van der Waals surface area contributed by atoms with Gasteiger partial charge in [0.1, 0.15) is 5.75 Å². The van der Waals surface area contributed by atoms with Crippen LogP contribution in [0.4, 0.5) is 16.2 Å². The van der Waals surface area contributed by atoms with Crippen LogP contribution in [0.2, 0.25) is 0 Å². The maximum absolute atomic E-state index is 12.8. The number of rotatable bonds is 3. The van der Waals surface area contributed by atoms with Gasteiger partial charge in [-0.1, -0.05) is 12.1 Å². The highest BCUT2D eigenvalue weighted by molar-refractivity contribution is 8.02. The number of thioether (sulfide) groups is 1. The van der Waals surface area contributed by atoms with Gasteiger partial charge in [0.2, 0.25) is 5.91 Å². The molecule has 2 heterocycles. The zero-order valence-corrected chi connectivity index (χ0v) is 18.4. The second-order valence-corrected chi connectivity index (χ2v) is 9.22. The zero-order valence-electron chi connectivity index (χ0n) is 17.6. The fourth-order valence-corrected chi connectivity index (χ4v) is 5.46. The lowest BCUT2D eigenvalue weighted by molar-refractivity contribution is -0.116. The summed E-state index contributed by atoms with van der Waals surface area (Å²) in [5.74, 6) is 1.31. The van der Waals surface area contributed by atoms with Crippen molar-refractivity contribution < 1.29 is 14.3 Å². The van der Waals surface area contributed by atoms with E-state index in [1.807, 2.05) is 59.2 Å². The molecule has 2 saturated heterocycles. The number of carbonyl (C=O) groups excluding carboxylic acids is 2. The first-order chi connectivity index (χ1) is 14.4. The number of aryl methyl sites for hydroxylation is 2. The molecular formula is C23H27N3O3S. The predicted octanol–water partition coefficient (Wildman–Crippen LogP) is 4.42. The quantitative estimate of drug-likeness (QED) is 0.791. The topological polar surface area (TPSA) is 61.9 Å². The molecule has 2 aliphatic rings. The molecule has 6 nitrogen and oxygen atoms in total. The van der Waals surface area contributed by atoms with E-state index in [4.69, 9.17) is 4.74 Å². The molecule has 2 fully saturated rings. The number of nitrogens with one attached hydrogen (secondary N) is 1.